The molecule has 0 saturated carbocycles. The largest absolute Gasteiger partial charge is 0.478 e. The van der Waals surface area contributed by atoms with E-state index >= 15 is 0 Å². The summed E-state index contributed by atoms with van der Waals surface area (Å²) in [6.45, 7) is 0. The maximum Gasteiger partial charge on any atom is 0.336 e. The van der Waals surface area contributed by atoms with Gasteiger partial charge < -0.3 is 10.4 Å². The van der Waals surface area contributed by atoms with E-state index in [-0.39, 0.29) is 16.9 Å². The van der Waals surface area contributed by atoms with E-state index in [0.29, 0.717) is 5.69 Å². The molecule has 2 N–H and O–H groups in total. The van der Waals surface area contributed by atoms with Gasteiger partial charge in [0.05, 0.1) is 11.1 Å². The fraction of sp³-hybridized carbons (Fsp3) is 0. The summed E-state index contributed by atoms with van der Waals surface area (Å²) < 4.78 is 13.0. The second-order valence-corrected chi connectivity index (χ2v) is 5.39. The maximum absolute atomic E-state index is 13.0. The van der Waals surface area contributed by atoms with Crippen LogP contribution in [0, 0.1) is 5.82 Å². The fourth-order valence-corrected chi connectivity index (χ4v) is 2.48. The Morgan fingerprint density at radius 2 is 1.48 bits per heavy atom. The minimum Gasteiger partial charge on any atom is -0.478 e. The van der Waals surface area contributed by atoms with Crippen molar-refractivity contribution in [3.8, 4) is 11.1 Å². The van der Waals surface area contributed by atoms with E-state index in [0.717, 1.165) is 11.1 Å². The molecule has 3 aromatic carbocycles. The van der Waals surface area contributed by atoms with Crippen molar-refractivity contribution in [3.63, 3.8) is 0 Å². The van der Waals surface area contributed by atoms with Crippen molar-refractivity contribution in [2.75, 3.05) is 5.32 Å². The summed E-state index contributed by atoms with van der Waals surface area (Å²) in [5.41, 5.74) is 2.16. The van der Waals surface area contributed by atoms with Crippen molar-refractivity contribution in [2.24, 2.45) is 0 Å². The normalized spacial score (nSPS) is 10.3. The van der Waals surface area contributed by atoms with Gasteiger partial charge >= 0.3 is 5.97 Å². The van der Waals surface area contributed by atoms with Crippen LogP contribution in [0.15, 0.2) is 72.8 Å². The number of carboxylic acids is 1. The number of hydrogen-bond donors (Lipinski definition) is 2. The van der Waals surface area contributed by atoms with Crippen LogP contribution in [-0.2, 0) is 0 Å². The number of carboxylic acid groups (broad SMARTS) is 1. The highest BCUT2D eigenvalue weighted by molar-refractivity contribution is 6.10. The number of aromatic carboxylic acids is 1. The average molecular weight is 335 g/mol. The molecule has 25 heavy (non-hydrogen) atoms. The van der Waals surface area contributed by atoms with Crippen LogP contribution in [0.1, 0.15) is 20.7 Å². The lowest BCUT2D eigenvalue weighted by atomic mass is 10.0. The number of hydrogen-bond acceptors (Lipinski definition) is 2. The van der Waals surface area contributed by atoms with Gasteiger partial charge in [0.15, 0.2) is 0 Å². The molecule has 0 aliphatic heterocycles. The van der Waals surface area contributed by atoms with Crippen LogP contribution in [0.2, 0.25) is 0 Å². The monoisotopic (exact) mass is 335 g/mol. The van der Waals surface area contributed by atoms with Crippen molar-refractivity contribution in [3.05, 3.63) is 89.7 Å². The molecule has 3 aromatic rings. The molecular weight excluding hydrogens is 321 g/mol. The standard InChI is InChI=1S/C20H14FNO3/c21-15-10-8-13(9-11-15)14-4-3-5-16(12-14)22-19(23)17-6-1-2-7-18(17)20(24)25/h1-12H,(H,22,23)(H,24,25). The van der Waals surface area contributed by atoms with Gasteiger partial charge in [-0.15, -0.1) is 0 Å². The minimum atomic E-state index is -1.16. The third-order valence-electron chi connectivity index (χ3n) is 3.70. The number of carbonyl (C=O) groups excluding carboxylic acids is 1. The van der Waals surface area contributed by atoms with Gasteiger partial charge in [-0.2, -0.15) is 0 Å². The summed E-state index contributed by atoms with van der Waals surface area (Å²) in [6, 6.07) is 19.1. The molecule has 0 aliphatic rings. The first kappa shape index (κ1) is 16.4. The van der Waals surface area contributed by atoms with Crippen molar-refractivity contribution in [1.82, 2.24) is 0 Å². The molecule has 0 aliphatic carbocycles. The van der Waals surface area contributed by atoms with Crippen molar-refractivity contribution in [1.29, 1.82) is 0 Å². The average Bonchev–Trinajstić information content (AvgIpc) is 2.62. The quantitative estimate of drug-likeness (QED) is 0.740. The van der Waals surface area contributed by atoms with Crippen LogP contribution in [0.4, 0.5) is 10.1 Å². The molecule has 5 heteroatoms. The summed E-state index contributed by atoms with van der Waals surface area (Å²) in [5.74, 6) is -1.99. The first-order valence-corrected chi connectivity index (χ1v) is 7.54. The zero-order valence-corrected chi connectivity index (χ0v) is 13.1. The Bertz CT molecular complexity index is 936. The van der Waals surface area contributed by atoms with Crippen LogP contribution in [0.5, 0.6) is 0 Å². The highest BCUT2D eigenvalue weighted by Gasteiger charge is 2.15. The van der Waals surface area contributed by atoms with Gasteiger partial charge in [0.1, 0.15) is 5.82 Å². The van der Waals surface area contributed by atoms with Gasteiger partial charge in [-0.1, -0.05) is 36.4 Å². The number of halogens is 1. The van der Waals surface area contributed by atoms with Gasteiger partial charge in [-0.05, 0) is 47.5 Å². The molecule has 0 atom stereocenters. The first-order valence-electron chi connectivity index (χ1n) is 7.54. The molecule has 0 fully saturated rings. The number of nitrogens with one attached hydrogen (secondary N) is 1. The molecule has 0 saturated heterocycles. The van der Waals surface area contributed by atoms with Gasteiger partial charge in [-0.25, -0.2) is 9.18 Å². The second-order valence-electron chi connectivity index (χ2n) is 5.39. The smallest absolute Gasteiger partial charge is 0.336 e. The molecule has 0 heterocycles. The van der Waals surface area contributed by atoms with E-state index in [4.69, 9.17) is 0 Å². The molecule has 0 aromatic heterocycles. The summed E-state index contributed by atoms with van der Waals surface area (Å²) in [7, 11) is 0. The topological polar surface area (TPSA) is 66.4 Å². The lowest BCUT2D eigenvalue weighted by Crippen LogP contribution is -2.16. The zero-order chi connectivity index (χ0) is 17.8. The van der Waals surface area contributed by atoms with Crippen molar-refractivity contribution in [2.45, 2.75) is 0 Å². The Balaban J connectivity index is 1.86. The maximum atomic E-state index is 13.0. The van der Waals surface area contributed by atoms with Crippen molar-refractivity contribution < 1.29 is 19.1 Å². The highest BCUT2D eigenvalue weighted by atomic mass is 19.1. The van der Waals surface area contributed by atoms with E-state index < -0.39 is 11.9 Å². The summed E-state index contributed by atoms with van der Waals surface area (Å²) in [6.07, 6.45) is 0. The van der Waals surface area contributed by atoms with Crippen LogP contribution in [0.3, 0.4) is 0 Å². The Morgan fingerprint density at radius 1 is 0.800 bits per heavy atom. The van der Waals surface area contributed by atoms with Crippen LogP contribution in [-0.4, -0.2) is 17.0 Å². The van der Waals surface area contributed by atoms with Gasteiger partial charge in [-0.3, -0.25) is 4.79 Å². The second kappa shape index (κ2) is 6.97. The SMILES string of the molecule is O=C(O)c1ccccc1C(=O)Nc1cccc(-c2ccc(F)cc2)c1. The Hall–Kier alpha value is -3.47. The van der Waals surface area contributed by atoms with E-state index in [2.05, 4.69) is 5.32 Å². The van der Waals surface area contributed by atoms with Crippen LogP contribution < -0.4 is 5.32 Å². The van der Waals surface area contributed by atoms with Gasteiger partial charge in [0.2, 0.25) is 0 Å². The predicted molar refractivity (Wildman–Crippen MR) is 93.2 cm³/mol. The summed E-state index contributed by atoms with van der Waals surface area (Å²) >= 11 is 0. The first-order chi connectivity index (χ1) is 12.0. The molecule has 1 amide bonds. The molecule has 0 unspecified atom stereocenters. The molecule has 3 rings (SSSR count). The van der Waals surface area contributed by atoms with Crippen molar-refractivity contribution >= 4 is 17.6 Å². The highest BCUT2D eigenvalue weighted by Crippen LogP contribution is 2.23. The fourth-order valence-electron chi connectivity index (χ4n) is 2.48. The Kier molecular flexibility index (Phi) is 4.57. The lowest BCUT2D eigenvalue weighted by molar-refractivity contribution is 0.0692. The number of rotatable bonds is 4. The zero-order valence-electron chi connectivity index (χ0n) is 13.1. The van der Waals surface area contributed by atoms with E-state index in [1.54, 1.807) is 42.5 Å². The molecule has 124 valence electrons. The van der Waals surface area contributed by atoms with Crippen LogP contribution in [0.25, 0.3) is 11.1 Å². The third kappa shape index (κ3) is 3.72. The van der Waals surface area contributed by atoms with E-state index in [1.165, 1.54) is 24.3 Å². The number of anilines is 1. The molecule has 0 spiro atoms. The molecular formula is C20H14FNO3. The van der Waals surface area contributed by atoms with E-state index in [9.17, 15) is 19.1 Å². The number of benzene rings is 3. The van der Waals surface area contributed by atoms with Crippen LogP contribution >= 0.6 is 0 Å². The molecule has 0 radical (unpaired) electrons. The molecule has 0 bridgehead atoms. The minimum absolute atomic E-state index is 0.0605. The number of carbonyl (C=O) groups is 2. The van der Waals surface area contributed by atoms with Gasteiger partial charge in [0, 0.05) is 5.69 Å². The molecule has 4 nitrogen and oxygen atoms in total. The third-order valence-corrected chi connectivity index (χ3v) is 3.70. The number of amides is 1. The summed E-state index contributed by atoms with van der Waals surface area (Å²) in [4.78, 5) is 23.6. The van der Waals surface area contributed by atoms with Gasteiger partial charge in [0.25, 0.3) is 5.91 Å². The lowest BCUT2D eigenvalue weighted by Gasteiger charge is -2.09. The van der Waals surface area contributed by atoms with E-state index in [1.807, 2.05) is 6.07 Å². The summed E-state index contributed by atoms with van der Waals surface area (Å²) in [5, 5.41) is 11.9. The Labute approximate surface area is 143 Å². The Morgan fingerprint density at radius 3 is 2.16 bits per heavy atom. The predicted octanol–water partition coefficient (Wildman–Crippen LogP) is 4.44.